The smallest absolute Gasteiger partial charge is 0.138 e. The van der Waals surface area contributed by atoms with Gasteiger partial charge in [-0.1, -0.05) is 41.9 Å². The third-order valence-electron chi connectivity index (χ3n) is 2.83. The fraction of sp³-hybridized carbons (Fsp3) is 0.125. The molecular formula is C16H12ClNOS. The lowest BCUT2D eigenvalue weighted by Gasteiger charge is -2.18. The van der Waals surface area contributed by atoms with Crippen molar-refractivity contribution in [1.29, 1.82) is 5.26 Å². The molecule has 4 heteroatoms. The Hall–Kier alpha value is -1.76. The number of nitriles is 1. The summed E-state index contributed by atoms with van der Waals surface area (Å²) in [4.78, 5) is 12.2. The number of halogens is 1. The monoisotopic (exact) mass is 301 g/mol. The number of hydrogen-bond donors (Lipinski definition) is 0. The van der Waals surface area contributed by atoms with Gasteiger partial charge < -0.3 is 4.79 Å². The van der Waals surface area contributed by atoms with Crippen molar-refractivity contribution in [1.82, 2.24) is 0 Å². The van der Waals surface area contributed by atoms with Gasteiger partial charge in [0.1, 0.15) is 12.2 Å². The maximum absolute atomic E-state index is 11.1. The molecule has 2 rings (SSSR count). The Morgan fingerprint density at radius 3 is 2.30 bits per heavy atom. The first kappa shape index (κ1) is 14.6. The van der Waals surface area contributed by atoms with Gasteiger partial charge in [-0.3, -0.25) is 0 Å². The highest BCUT2D eigenvalue weighted by Gasteiger charge is 2.23. The summed E-state index contributed by atoms with van der Waals surface area (Å²) in [5.74, 6) is -0.693. The molecule has 0 saturated heterocycles. The molecule has 0 aliphatic heterocycles. The minimum Gasteiger partial charge on any atom is -0.302 e. The van der Waals surface area contributed by atoms with E-state index in [9.17, 15) is 4.79 Å². The molecular weight excluding hydrogens is 290 g/mol. The predicted octanol–water partition coefficient (Wildman–Crippen LogP) is 4.51. The van der Waals surface area contributed by atoms with Crippen molar-refractivity contribution in [3.05, 3.63) is 65.2 Å². The number of aldehydes is 1. The Labute approximate surface area is 127 Å². The van der Waals surface area contributed by atoms with E-state index in [1.807, 2.05) is 42.5 Å². The molecule has 2 aromatic rings. The Bertz CT molecular complexity index is 607. The average molecular weight is 302 g/mol. The molecule has 0 amide bonds. The molecule has 0 spiro atoms. The molecule has 0 aromatic heterocycles. The van der Waals surface area contributed by atoms with Crippen molar-refractivity contribution in [3.8, 4) is 6.07 Å². The molecule has 2 aromatic carbocycles. The van der Waals surface area contributed by atoms with Gasteiger partial charge in [0.05, 0.1) is 11.3 Å². The predicted molar refractivity (Wildman–Crippen MR) is 81.7 cm³/mol. The number of carbonyl (C=O) groups excluding carboxylic acids is 1. The van der Waals surface area contributed by atoms with E-state index < -0.39 is 5.92 Å². The highest BCUT2D eigenvalue weighted by Crippen LogP contribution is 2.40. The van der Waals surface area contributed by atoms with Crippen molar-refractivity contribution < 1.29 is 4.79 Å². The summed E-state index contributed by atoms with van der Waals surface area (Å²) in [6, 6.07) is 19.1. The molecule has 100 valence electrons. The summed E-state index contributed by atoms with van der Waals surface area (Å²) in [6.45, 7) is 0. The van der Waals surface area contributed by atoms with E-state index in [4.69, 9.17) is 16.9 Å². The minimum absolute atomic E-state index is 0.239. The van der Waals surface area contributed by atoms with Crippen molar-refractivity contribution in [2.45, 2.75) is 10.1 Å². The van der Waals surface area contributed by atoms with E-state index in [0.29, 0.717) is 11.3 Å². The Balaban J connectivity index is 2.32. The van der Waals surface area contributed by atoms with Crippen LogP contribution in [-0.4, -0.2) is 6.29 Å². The summed E-state index contributed by atoms with van der Waals surface area (Å²) >= 11 is 7.39. The van der Waals surface area contributed by atoms with Crippen LogP contribution in [0.1, 0.15) is 10.8 Å². The standard InChI is InChI=1S/C16H12ClNOS/c17-14-8-6-12(7-9-14)16(13(10-18)11-19)20-15-4-2-1-3-5-15/h1-9,11,13,16H/t13-,16-/m1/s1. The van der Waals surface area contributed by atoms with Gasteiger partial charge >= 0.3 is 0 Å². The molecule has 0 aliphatic carbocycles. The first-order valence-electron chi connectivity index (χ1n) is 6.06. The Morgan fingerprint density at radius 2 is 1.75 bits per heavy atom. The topological polar surface area (TPSA) is 40.9 Å². The highest BCUT2D eigenvalue weighted by atomic mass is 35.5. The van der Waals surface area contributed by atoms with Crippen LogP contribution in [0, 0.1) is 17.2 Å². The van der Waals surface area contributed by atoms with Crippen LogP contribution in [0.2, 0.25) is 5.02 Å². The molecule has 2 atom stereocenters. The van der Waals surface area contributed by atoms with Crippen molar-refractivity contribution in [3.63, 3.8) is 0 Å². The van der Waals surface area contributed by atoms with Crippen LogP contribution >= 0.6 is 23.4 Å². The van der Waals surface area contributed by atoms with Gasteiger partial charge in [0, 0.05) is 9.92 Å². The average Bonchev–Trinajstić information content (AvgIpc) is 2.49. The third-order valence-corrected chi connectivity index (χ3v) is 4.44. The number of nitrogens with zero attached hydrogens (tertiary/aromatic N) is 1. The number of thioether (sulfide) groups is 1. The zero-order valence-electron chi connectivity index (χ0n) is 10.6. The number of hydrogen-bond acceptors (Lipinski definition) is 3. The van der Waals surface area contributed by atoms with Crippen molar-refractivity contribution >= 4 is 29.6 Å². The van der Waals surface area contributed by atoms with Crippen LogP contribution in [0.3, 0.4) is 0 Å². The van der Waals surface area contributed by atoms with Gasteiger partial charge in [0.25, 0.3) is 0 Å². The lowest BCUT2D eigenvalue weighted by Crippen LogP contribution is -2.09. The number of rotatable bonds is 5. The van der Waals surface area contributed by atoms with E-state index in [2.05, 4.69) is 6.07 Å². The molecule has 0 N–H and O–H groups in total. The number of benzene rings is 2. The van der Waals surface area contributed by atoms with E-state index >= 15 is 0 Å². The van der Waals surface area contributed by atoms with E-state index in [0.717, 1.165) is 10.5 Å². The third kappa shape index (κ3) is 3.63. The maximum Gasteiger partial charge on any atom is 0.138 e. The first-order chi connectivity index (χ1) is 9.74. The minimum atomic E-state index is -0.693. The molecule has 0 heterocycles. The molecule has 0 unspecified atom stereocenters. The molecule has 0 saturated carbocycles. The van der Waals surface area contributed by atoms with Crippen LogP contribution in [0.4, 0.5) is 0 Å². The fourth-order valence-corrected chi connectivity index (χ4v) is 3.11. The van der Waals surface area contributed by atoms with Crippen LogP contribution in [0.15, 0.2) is 59.5 Å². The normalized spacial score (nSPS) is 13.2. The lowest BCUT2D eigenvalue weighted by molar-refractivity contribution is -0.109. The van der Waals surface area contributed by atoms with Gasteiger partial charge in [0.2, 0.25) is 0 Å². The number of carbonyl (C=O) groups is 1. The van der Waals surface area contributed by atoms with Gasteiger partial charge in [-0.25, -0.2) is 0 Å². The zero-order valence-corrected chi connectivity index (χ0v) is 12.1. The summed E-state index contributed by atoms with van der Waals surface area (Å²) < 4.78 is 0. The molecule has 0 aliphatic rings. The SMILES string of the molecule is N#C[C@H](C=O)[C@H](Sc1ccccc1)c1ccc(Cl)cc1. The molecule has 0 radical (unpaired) electrons. The maximum atomic E-state index is 11.1. The molecule has 0 bridgehead atoms. The molecule has 2 nitrogen and oxygen atoms in total. The van der Waals surface area contributed by atoms with Gasteiger partial charge in [-0.15, -0.1) is 11.8 Å². The first-order valence-corrected chi connectivity index (χ1v) is 7.32. The highest BCUT2D eigenvalue weighted by molar-refractivity contribution is 7.99. The van der Waals surface area contributed by atoms with Crippen molar-refractivity contribution in [2.24, 2.45) is 5.92 Å². The van der Waals surface area contributed by atoms with Gasteiger partial charge in [-0.2, -0.15) is 5.26 Å². The lowest BCUT2D eigenvalue weighted by atomic mass is 10.0. The van der Waals surface area contributed by atoms with Crippen LogP contribution in [-0.2, 0) is 4.79 Å². The van der Waals surface area contributed by atoms with E-state index in [-0.39, 0.29) is 5.25 Å². The van der Waals surface area contributed by atoms with Gasteiger partial charge in [0.15, 0.2) is 0 Å². The molecule has 0 fully saturated rings. The van der Waals surface area contributed by atoms with Gasteiger partial charge in [-0.05, 0) is 29.8 Å². The summed E-state index contributed by atoms with van der Waals surface area (Å²) in [6.07, 6.45) is 0.704. The molecule has 20 heavy (non-hydrogen) atoms. The van der Waals surface area contributed by atoms with Crippen LogP contribution < -0.4 is 0 Å². The second-order valence-corrected chi connectivity index (χ2v) is 5.85. The summed E-state index contributed by atoms with van der Waals surface area (Å²) in [5, 5.41) is 9.57. The second-order valence-electron chi connectivity index (χ2n) is 4.19. The van der Waals surface area contributed by atoms with Crippen LogP contribution in [0.5, 0.6) is 0 Å². The largest absolute Gasteiger partial charge is 0.302 e. The van der Waals surface area contributed by atoms with E-state index in [1.54, 1.807) is 12.1 Å². The summed E-state index contributed by atoms with van der Waals surface area (Å²) in [7, 11) is 0. The summed E-state index contributed by atoms with van der Waals surface area (Å²) in [5.41, 5.74) is 0.918. The zero-order chi connectivity index (χ0) is 14.4. The van der Waals surface area contributed by atoms with Crippen molar-refractivity contribution in [2.75, 3.05) is 0 Å². The van der Waals surface area contributed by atoms with Crippen LogP contribution in [0.25, 0.3) is 0 Å². The quantitative estimate of drug-likeness (QED) is 0.602. The second kappa shape index (κ2) is 7.14. The fourth-order valence-electron chi connectivity index (χ4n) is 1.82. The van der Waals surface area contributed by atoms with E-state index in [1.165, 1.54) is 11.8 Å². The Kier molecular flexibility index (Phi) is 5.23. The Morgan fingerprint density at radius 1 is 1.10 bits per heavy atom.